The van der Waals surface area contributed by atoms with Crippen LogP contribution < -0.4 is 10.6 Å². The first kappa shape index (κ1) is 16.0. The lowest BCUT2D eigenvalue weighted by molar-refractivity contribution is 0.229. The molecule has 1 aliphatic rings. The van der Waals surface area contributed by atoms with E-state index in [2.05, 4.69) is 36.4 Å². The van der Waals surface area contributed by atoms with E-state index < -0.39 is 0 Å². The minimum Gasteiger partial charge on any atom is -0.396 e. The molecule has 0 saturated heterocycles. The molecule has 0 radical (unpaired) electrons. The fourth-order valence-corrected chi connectivity index (χ4v) is 2.32. The van der Waals surface area contributed by atoms with Crippen LogP contribution in [0.4, 0.5) is 11.6 Å². The summed E-state index contributed by atoms with van der Waals surface area (Å²) in [6.45, 7) is 8.25. The molecule has 5 nitrogen and oxygen atoms in total. The molecule has 118 valence electrons. The molecule has 0 aromatic carbocycles. The highest BCUT2D eigenvalue weighted by molar-refractivity contribution is 5.57. The van der Waals surface area contributed by atoms with Crippen molar-refractivity contribution >= 4 is 11.6 Å². The van der Waals surface area contributed by atoms with Gasteiger partial charge in [0, 0.05) is 31.2 Å². The molecular formula is C16H28N4O. The molecule has 5 heteroatoms. The Morgan fingerprint density at radius 2 is 1.90 bits per heavy atom. The normalized spacial score (nSPS) is 15.8. The molecule has 0 aliphatic heterocycles. The molecule has 0 amide bonds. The van der Waals surface area contributed by atoms with Crippen molar-refractivity contribution in [2.24, 2.45) is 5.92 Å². The highest BCUT2D eigenvalue weighted by Crippen LogP contribution is 2.39. The Kier molecular flexibility index (Phi) is 5.79. The summed E-state index contributed by atoms with van der Waals surface area (Å²) in [5, 5.41) is 15.8. The molecule has 21 heavy (non-hydrogen) atoms. The molecule has 1 saturated carbocycles. The summed E-state index contributed by atoms with van der Waals surface area (Å²) in [5.74, 6) is 3.82. The number of nitrogens with zero attached hydrogens (tertiary/aromatic N) is 2. The molecule has 1 aromatic heterocycles. The molecule has 1 aromatic rings. The van der Waals surface area contributed by atoms with Crippen LogP contribution in [0.3, 0.4) is 0 Å². The quantitative estimate of drug-likeness (QED) is 0.611. The Morgan fingerprint density at radius 1 is 1.24 bits per heavy atom. The number of aliphatic hydroxyl groups excluding tert-OH is 1. The smallest absolute Gasteiger partial charge is 0.136 e. The highest BCUT2D eigenvalue weighted by atomic mass is 16.3. The van der Waals surface area contributed by atoms with Crippen LogP contribution in [0.15, 0.2) is 0 Å². The third kappa shape index (κ3) is 4.56. The third-order valence-electron chi connectivity index (χ3n) is 3.93. The molecule has 3 N–H and O–H groups in total. The number of rotatable bonds is 9. The van der Waals surface area contributed by atoms with E-state index in [4.69, 9.17) is 10.1 Å². The molecule has 0 spiro atoms. The van der Waals surface area contributed by atoms with Crippen molar-refractivity contribution in [1.29, 1.82) is 0 Å². The largest absolute Gasteiger partial charge is 0.396 e. The van der Waals surface area contributed by atoms with Gasteiger partial charge in [-0.05, 0) is 45.4 Å². The summed E-state index contributed by atoms with van der Waals surface area (Å²) in [6.07, 6.45) is 4.49. The van der Waals surface area contributed by atoms with Gasteiger partial charge in [-0.2, -0.15) is 0 Å². The predicted octanol–water partition coefficient (Wildman–Crippen LogP) is 2.91. The fourth-order valence-electron chi connectivity index (χ4n) is 2.32. The van der Waals surface area contributed by atoms with Crippen LogP contribution in [0.2, 0.25) is 0 Å². The van der Waals surface area contributed by atoms with Crippen molar-refractivity contribution in [1.82, 2.24) is 9.97 Å². The number of hydrogen-bond acceptors (Lipinski definition) is 5. The van der Waals surface area contributed by atoms with E-state index in [0.29, 0.717) is 11.8 Å². The molecule has 1 heterocycles. The second-order valence-electron chi connectivity index (χ2n) is 6.07. The van der Waals surface area contributed by atoms with Crippen LogP contribution in [0.1, 0.15) is 56.8 Å². The SMILES string of the molecule is CCNc1nc(C2CC2)nc(NCCCC(C)CO)c1C. The molecule has 1 aliphatic carbocycles. The number of hydrogen-bond donors (Lipinski definition) is 3. The maximum absolute atomic E-state index is 9.05. The predicted molar refractivity (Wildman–Crippen MR) is 86.9 cm³/mol. The lowest BCUT2D eigenvalue weighted by Crippen LogP contribution is -2.12. The lowest BCUT2D eigenvalue weighted by atomic mass is 10.1. The van der Waals surface area contributed by atoms with Crippen molar-refractivity contribution < 1.29 is 5.11 Å². The Hall–Kier alpha value is -1.36. The van der Waals surface area contributed by atoms with Gasteiger partial charge in [-0.3, -0.25) is 0 Å². The Bertz CT molecular complexity index is 460. The van der Waals surface area contributed by atoms with E-state index >= 15 is 0 Å². The van der Waals surface area contributed by atoms with Crippen LogP contribution in [-0.4, -0.2) is 34.8 Å². The lowest BCUT2D eigenvalue weighted by Gasteiger charge is -2.15. The number of aliphatic hydroxyl groups is 1. The van der Waals surface area contributed by atoms with Gasteiger partial charge < -0.3 is 15.7 Å². The van der Waals surface area contributed by atoms with Crippen molar-refractivity contribution in [2.75, 3.05) is 30.3 Å². The minimum absolute atomic E-state index is 0.267. The van der Waals surface area contributed by atoms with Crippen LogP contribution >= 0.6 is 0 Å². The van der Waals surface area contributed by atoms with E-state index in [9.17, 15) is 0 Å². The Morgan fingerprint density at radius 3 is 2.48 bits per heavy atom. The maximum atomic E-state index is 9.05. The monoisotopic (exact) mass is 292 g/mol. The molecular weight excluding hydrogens is 264 g/mol. The Labute approximate surface area is 127 Å². The zero-order valence-corrected chi connectivity index (χ0v) is 13.4. The van der Waals surface area contributed by atoms with E-state index in [1.807, 2.05) is 0 Å². The van der Waals surface area contributed by atoms with Gasteiger partial charge in [-0.15, -0.1) is 0 Å². The van der Waals surface area contributed by atoms with Crippen molar-refractivity contribution in [3.8, 4) is 0 Å². The summed E-state index contributed by atoms with van der Waals surface area (Å²) in [6, 6.07) is 0. The van der Waals surface area contributed by atoms with Crippen molar-refractivity contribution in [3.05, 3.63) is 11.4 Å². The molecule has 1 fully saturated rings. The van der Waals surface area contributed by atoms with Crippen molar-refractivity contribution in [3.63, 3.8) is 0 Å². The topological polar surface area (TPSA) is 70.1 Å². The number of anilines is 2. The van der Waals surface area contributed by atoms with Gasteiger partial charge in [0.05, 0.1) is 0 Å². The molecule has 1 atom stereocenters. The van der Waals surface area contributed by atoms with Gasteiger partial charge in [0.2, 0.25) is 0 Å². The molecule has 0 bridgehead atoms. The van der Waals surface area contributed by atoms with Crippen LogP contribution in [-0.2, 0) is 0 Å². The first-order valence-corrected chi connectivity index (χ1v) is 8.12. The van der Waals surface area contributed by atoms with Gasteiger partial charge >= 0.3 is 0 Å². The first-order chi connectivity index (χ1) is 10.2. The van der Waals surface area contributed by atoms with Gasteiger partial charge in [-0.1, -0.05) is 6.92 Å². The van der Waals surface area contributed by atoms with Gasteiger partial charge in [0.25, 0.3) is 0 Å². The van der Waals surface area contributed by atoms with Gasteiger partial charge in [-0.25, -0.2) is 9.97 Å². The highest BCUT2D eigenvalue weighted by Gasteiger charge is 2.28. The summed E-state index contributed by atoms with van der Waals surface area (Å²) in [4.78, 5) is 9.36. The van der Waals surface area contributed by atoms with E-state index in [1.165, 1.54) is 12.8 Å². The van der Waals surface area contributed by atoms with Crippen LogP contribution in [0.5, 0.6) is 0 Å². The van der Waals surface area contributed by atoms with Crippen LogP contribution in [0.25, 0.3) is 0 Å². The minimum atomic E-state index is 0.267. The summed E-state index contributed by atoms with van der Waals surface area (Å²) in [7, 11) is 0. The summed E-state index contributed by atoms with van der Waals surface area (Å²) >= 11 is 0. The van der Waals surface area contributed by atoms with Gasteiger partial charge in [0.15, 0.2) is 0 Å². The molecule has 2 rings (SSSR count). The average molecular weight is 292 g/mol. The number of aromatic nitrogens is 2. The van der Waals surface area contributed by atoms with Crippen LogP contribution in [0, 0.1) is 12.8 Å². The summed E-state index contributed by atoms with van der Waals surface area (Å²) in [5.41, 5.74) is 1.09. The number of nitrogens with one attached hydrogen (secondary N) is 2. The summed E-state index contributed by atoms with van der Waals surface area (Å²) < 4.78 is 0. The second-order valence-corrected chi connectivity index (χ2v) is 6.07. The maximum Gasteiger partial charge on any atom is 0.136 e. The third-order valence-corrected chi connectivity index (χ3v) is 3.93. The average Bonchev–Trinajstić information content (AvgIpc) is 3.31. The zero-order chi connectivity index (χ0) is 15.2. The first-order valence-electron chi connectivity index (χ1n) is 8.12. The standard InChI is InChI=1S/C16H28N4O/c1-4-17-14-12(3)15(18-9-5-6-11(2)10-21)20-16(19-14)13-7-8-13/h11,13,21H,4-10H2,1-3H3,(H2,17,18,19,20). The van der Waals surface area contributed by atoms with E-state index in [1.54, 1.807) is 0 Å². The molecule has 1 unspecified atom stereocenters. The van der Waals surface area contributed by atoms with Crippen molar-refractivity contribution in [2.45, 2.75) is 52.4 Å². The second kappa shape index (κ2) is 7.59. The fraction of sp³-hybridized carbons (Fsp3) is 0.750. The van der Waals surface area contributed by atoms with E-state index in [0.717, 1.165) is 49.0 Å². The van der Waals surface area contributed by atoms with E-state index in [-0.39, 0.29) is 6.61 Å². The van der Waals surface area contributed by atoms with Gasteiger partial charge in [0.1, 0.15) is 17.5 Å². The zero-order valence-electron chi connectivity index (χ0n) is 13.4. The Balaban J connectivity index is 1.99.